The predicted octanol–water partition coefficient (Wildman–Crippen LogP) is 3.02. The lowest BCUT2D eigenvalue weighted by Gasteiger charge is -2.15. The molecule has 4 N–H and O–H groups in total. The highest BCUT2D eigenvalue weighted by Gasteiger charge is 2.12. The highest BCUT2D eigenvalue weighted by molar-refractivity contribution is 8.14. The summed E-state index contributed by atoms with van der Waals surface area (Å²) in [5.41, 5.74) is 7.66. The van der Waals surface area contributed by atoms with Crippen molar-refractivity contribution >= 4 is 28.9 Å². The largest absolute Gasteiger partial charge is 0.489 e. The van der Waals surface area contributed by atoms with E-state index >= 15 is 0 Å². The molecular formula is C20H26N4O2S. The summed E-state index contributed by atoms with van der Waals surface area (Å²) in [4.78, 5) is 13.5. The van der Waals surface area contributed by atoms with Crippen molar-refractivity contribution in [1.82, 2.24) is 5.43 Å². The molecule has 0 aliphatic carbocycles. The summed E-state index contributed by atoms with van der Waals surface area (Å²) in [7, 11) is 1.94. The Morgan fingerprint density at radius 3 is 2.63 bits per heavy atom. The van der Waals surface area contributed by atoms with Gasteiger partial charge in [-0.1, -0.05) is 12.1 Å². The maximum absolute atomic E-state index is 8.94. The summed E-state index contributed by atoms with van der Waals surface area (Å²) in [5, 5.41) is 4.38. The molecule has 0 atom stereocenters. The van der Waals surface area contributed by atoms with Crippen molar-refractivity contribution in [3.8, 4) is 5.75 Å². The Balaban J connectivity index is 0.000000596. The molecule has 0 fully saturated rings. The monoisotopic (exact) mass is 386 g/mol. The van der Waals surface area contributed by atoms with E-state index in [-0.39, 0.29) is 0 Å². The number of ether oxygens (including phenoxy) is 1. The van der Waals surface area contributed by atoms with E-state index in [1.165, 1.54) is 16.7 Å². The molecule has 1 aliphatic heterocycles. The van der Waals surface area contributed by atoms with Crippen LogP contribution in [0.15, 0.2) is 41.4 Å². The van der Waals surface area contributed by atoms with Crippen molar-refractivity contribution in [1.29, 1.82) is 0 Å². The van der Waals surface area contributed by atoms with Crippen LogP contribution in [0.5, 0.6) is 5.75 Å². The standard InChI is InChI=1S/C19H22N2OS.CH4N2O/c1-13-5-4-6-17(20-3)16(13)12-22-18-8-7-15(11-14(18)2)19-21-9-10-23-19;2-3-1-4/h4-8,11,20H,9-10,12H2,1-3H3;1H,2H2,(H,3,4). The molecule has 1 heterocycles. The number of carbonyl (C=O) groups excluding carboxylic acids is 1. The van der Waals surface area contributed by atoms with Crippen LogP contribution in [-0.4, -0.2) is 30.8 Å². The first-order chi connectivity index (χ1) is 13.1. The lowest BCUT2D eigenvalue weighted by atomic mass is 10.1. The molecule has 2 aromatic carbocycles. The minimum Gasteiger partial charge on any atom is -0.489 e. The van der Waals surface area contributed by atoms with Gasteiger partial charge in [-0.05, 0) is 49.2 Å². The zero-order valence-electron chi connectivity index (χ0n) is 15.9. The van der Waals surface area contributed by atoms with Crippen LogP contribution in [0.1, 0.15) is 22.3 Å². The third kappa shape index (κ3) is 5.74. The first-order valence-corrected chi connectivity index (χ1v) is 9.66. The van der Waals surface area contributed by atoms with Crippen LogP contribution in [-0.2, 0) is 11.4 Å². The smallest absolute Gasteiger partial charge is 0.221 e. The van der Waals surface area contributed by atoms with Crippen LogP contribution in [0.3, 0.4) is 0 Å². The van der Waals surface area contributed by atoms with Crippen molar-refractivity contribution in [2.24, 2.45) is 10.8 Å². The minimum absolute atomic E-state index is 0.403. The second-order valence-electron chi connectivity index (χ2n) is 5.94. The van der Waals surface area contributed by atoms with Gasteiger partial charge in [-0.2, -0.15) is 0 Å². The number of aliphatic imine (C=N–C) groups is 1. The number of rotatable bonds is 6. The van der Waals surface area contributed by atoms with Gasteiger partial charge in [0.2, 0.25) is 6.41 Å². The van der Waals surface area contributed by atoms with Crippen LogP contribution >= 0.6 is 11.8 Å². The van der Waals surface area contributed by atoms with Gasteiger partial charge in [-0.3, -0.25) is 15.2 Å². The number of hydrazine groups is 1. The number of amides is 1. The summed E-state index contributed by atoms with van der Waals surface area (Å²) in [6, 6.07) is 12.6. The molecule has 0 aromatic heterocycles. The molecule has 1 aliphatic rings. The van der Waals surface area contributed by atoms with Crippen LogP contribution < -0.4 is 21.3 Å². The molecule has 2 aromatic rings. The Labute approximate surface area is 164 Å². The fraction of sp³-hybridized carbons (Fsp3) is 0.300. The van der Waals surface area contributed by atoms with E-state index in [4.69, 9.17) is 9.53 Å². The van der Waals surface area contributed by atoms with E-state index in [1.807, 2.05) is 18.8 Å². The van der Waals surface area contributed by atoms with Gasteiger partial charge in [0.15, 0.2) is 0 Å². The number of nitrogens with two attached hydrogens (primary N) is 1. The molecule has 0 spiro atoms. The molecule has 0 saturated heterocycles. The lowest BCUT2D eigenvalue weighted by Crippen LogP contribution is -2.18. The van der Waals surface area contributed by atoms with Crippen LogP contribution in [0.4, 0.5) is 5.69 Å². The molecule has 27 heavy (non-hydrogen) atoms. The number of hydrogen-bond donors (Lipinski definition) is 3. The second-order valence-corrected chi connectivity index (χ2v) is 7.02. The Morgan fingerprint density at radius 2 is 2.04 bits per heavy atom. The van der Waals surface area contributed by atoms with Crippen LogP contribution in [0.25, 0.3) is 0 Å². The Morgan fingerprint density at radius 1 is 1.26 bits per heavy atom. The average molecular weight is 387 g/mol. The zero-order valence-corrected chi connectivity index (χ0v) is 16.7. The van der Waals surface area contributed by atoms with Gasteiger partial charge in [0, 0.05) is 36.2 Å². The molecule has 0 bridgehead atoms. The van der Waals surface area contributed by atoms with Crippen molar-refractivity contribution in [3.05, 3.63) is 58.7 Å². The van der Waals surface area contributed by atoms with Crippen molar-refractivity contribution in [2.75, 3.05) is 24.7 Å². The van der Waals surface area contributed by atoms with Crippen LogP contribution in [0.2, 0.25) is 0 Å². The number of thioether (sulfide) groups is 1. The summed E-state index contributed by atoms with van der Waals surface area (Å²) >= 11 is 1.83. The topological polar surface area (TPSA) is 88.7 Å². The van der Waals surface area contributed by atoms with Crippen molar-refractivity contribution < 1.29 is 9.53 Å². The number of anilines is 1. The molecule has 144 valence electrons. The quantitative estimate of drug-likeness (QED) is 0.307. The van der Waals surface area contributed by atoms with Crippen molar-refractivity contribution in [3.63, 3.8) is 0 Å². The van der Waals surface area contributed by atoms with Gasteiger partial charge in [-0.25, -0.2) is 5.84 Å². The Hall–Kier alpha value is -2.51. The minimum atomic E-state index is 0.403. The van der Waals surface area contributed by atoms with E-state index in [1.54, 1.807) is 5.43 Å². The SMILES string of the molecule is CNc1cccc(C)c1COc1ccc(C2=NCCS2)cc1C.NNC=O. The Kier molecular flexibility index (Phi) is 8.16. The van der Waals surface area contributed by atoms with E-state index in [2.05, 4.69) is 66.4 Å². The van der Waals surface area contributed by atoms with Gasteiger partial charge in [0.25, 0.3) is 0 Å². The molecular weight excluding hydrogens is 360 g/mol. The molecule has 0 unspecified atom stereocenters. The molecule has 1 amide bonds. The predicted molar refractivity (Wildman–Crippen MR) is 113 cm³/mol. The maximum atomic E-state index is 8.94. The number of hydrogen-bond acceptors (Lipinski definition) is 6. The normalized spacial score (nSPS) is 12.5. The van der Waals surface area contributed by atoms with Crippen LogP contribution in [0, 0.1) is 13.8 Å². The van der Waals surface area contributed by atoms with E-state index in [9.17, 15) is 0 Å². The number of nitrogens with one attached hydrogen (secondary N) is 2. The first kappa shape index (κ1) is 20.8. The van der Waals surface area contributed by atoms with E-state index in [0.717, 1.165) is 34.3 Å². The molecule has 0 saturated carbocycles. The summed E-state index contributed by atoms with van der Waals surface area (Å²) < 4.78 is 6.08. The van der Waals surface area contributed by atoms with E-state index in [0.29, 0.717) is 13.0 Å². The van der Waals surface area contributed by atoms with Gasteiger partial charge < -0.3 is 10.1 Å². The molecule has 7 heteroatoms. The highest BCUT2D eigenvalue weighted by atomic mass is 32.2. The number of benzene rings is 2. The first-order valence-electron chi connectivity index (χ1n) is 8.67. The van der Waals surface area contributed by atoms with Gasteiger partial charge in [-0.15, -0.1) is 11.8 Å². The molecule has 6 nitrogen and oxygen atoms in total. The highest BCUT2D eigenvalue weighted by Crippen LogP contribution is 2.27. The van der Waals surface area contributed by atoms with Crippen molar-refractivity contribution in [2.45, 2.75) is 20.5 Å². The number of carbonyl (C=O) groups is 1. The Bertz CT molecular complexity index is 809. The fourth-order valence-electron chi connectivity index (χ4n) is 2.73. The van der Waals surface area contributed by atoms with E-state index < -0.39 is 0 Å². The third-order valence-corrected chi connectivity index (χ3v) is 5.15. The summed E-state index contributed by atoms with van der Waals surface area (Å²) in [6.45, 7) is 5.71. The zero-order chi connectivity index (χ0) is 19.6. The molecule has 3 rings (SSSR count). The van der Waals surface area contributed by atoms with Gasteiger partial charge in [0.05, 0.1) is 5.04 Å². The van der Waals surface area contributed by atoms with Gasteiger partial charge in [0.1, 0.15) is 12.4 Å². The number of aryl methyl sites for hydroxylation is 2. The fourth-order valence-corrected chi connectivity index (χ4v) is 3.58. The average Bonchev–Trinajstić information content (AvgIpc) is 3.22. The third-order valence-electron chi connectivity index (χ3n) is 4.13. The number of nitrogens with zero attached hydrogens (tertiary/aromatic N) is 1. The molecule has 0 radical (unpaired) electrons. The summed E-state index contributed by atoms with van der Waals surface area (Å²) in [5.74, 6) is 6.43. The second kappa shape index (κ2) is 10.6. The maximum Gasteiger partial charge on any atom is 0.221 e. The summed E-state index contributed by atoms with van der Waals surface area (Å²) in [6.07, 6.45) is 0.403. The van der Waals surface area contributed by atoms with Gasteiger partial charge >= 0.3 is 0 Å². The lowest BCUT2D eigenvalue weighted by molar-refractivity contribution is -0.109.